The second-order valence-corrected chi connectivity index (χ2v) is 3.85. The van der Waals surface area contributed by atoms with Gasteiger partial charge in [0.15, 0.2) is 0 Å². The average molecular weight is 168 g/mol. The van der Waals surface area contributed by atoms with Crippen LogP contribution >= 0.6 is 0 Å². The highest BCUT2D eigenvalue weighted by atomic mass is 16.5. The second kappa shape index (κ2) is 3.42. The molecule has 68 valence electrons. The second-order valence-electron chi connectivity index (χ2n) is 3.85. The lowest BCUT2D eigenvalue weighted by atomic mass is 9.95. The molecule has 3 nitrogen and oxygen atoms in total. The lowest BCUT2D eigenvalue weighted by Gasteiger charge is -2.47. The highest BCUT2D eigenvalue weighted by molar-refractivity contribution is 4.95. The Hall–Kier alpha value is -0.590. The number of ether oxygens (including phenoxy) is 1. The molecule has 0 aromatic rings. The summed E-state index contributed by atoms with van der Waals surface area (Å²) in [6.07, 6.45) is 0. The van der Waals surface area contributed by atoms with Gasteiger partial charge < -0.3 is 4.74 Å². The van der Waals surface area contributed by atoms with E-state index in [1.807, 2.05) is 6.92 Å². The van der Waals surface area contributed by atoms with Gasteiger partial charge in [-0.25, -0.2) is 0 Å². The zero-order chi connectivity index (χ0) is 9.19. The fraction of sp³-hybridized carbons (Fsp3) is 0.889. The number of methoxy groups -OCH3 is 1. The first kappa shape index (κ1) is 9.50. The van der Waals surface area contributed by atoms with Gasteiger partial charge in [-0.2, -0.15) is 5.26 Å². The number of nitriles is 1. The third-order valence-corrected chi connectivity index (χ3v) is 2.36. The largest absolute Gasteiger partial charge is 0.376 e. The Morgan fingerprint density at radius 3 is 2.67 bits per heavy atom. The number of hydrogen-bond donors (Lipinski definition) is 0. The van der Waals surface area contributed by atoms with Gasteiger partial charge in [0.2, 0.25) is 0 Å². The van der Waals surface area contributed by atoms with Crippen molar-refractivity contribution in [3.05, 3.63) is 0 Å². The summed E-state index contributed by atoms with van der Waals surface area (Å²) in [5, 5.41) is 8.58. The molecule has 0 aromatic carbocycles. The number of rotatable bonds is 3. The quantitative estimate of drug-likeness (QED) is 0.627. The maximum atomic E-state index is 8.58. The molecular formula is C9H16N2O. The van der Waals surface area contributed by atoms with E-state index in [1.165, 1.54) is 0 Å². The van der Waals surface area contributed by atoms with Crippen LogP contribution in [0.4, 0.5) is 0 Å². The highest BCUT2D eigenvalue weighted by Crippen LogP contribution is 2.24. The van der Waals surface area contributed by atoms with Gasteiger partial charge >= 0.3 is 0 Å². The minimum atomic E-state index is 0.0369. The Morgan fingerprint density at radius 1 is 1.67 bits per heavy atom. The molecule has 0 aliphatic carbocycles. The van der Waals surface area contributed by atoms with Crippen molar-refractivity contribution in [2.45, 2.75) is 19.4 Å². The van der Waals surface area contributed by atoms with E-state index < -0.39 is 0 Å². The molecule has 1 fully saturated rings. The first-order valence-electron chi connectivity index (χ1n) is 4.27. The van der Waals surface area contributed by atoms with Gasteiger partial charge in [0.25, 0.3) is 0 Å². The summed E-state index contributed by atoms with van der Waals surface area (Å²) >= 11 is 0. The topological polar surface area (TPSA) is 36.3 Å². The Labute approximate surface area is 73.9 Å². The number of hydrogen-bond acceptors (Lipinski definition) is 3. The van der Waals surface area contributed by atoms with Crippen molar-refractivity contribution in [3.8, 4) is 6.07 Å². The third kappa shape index (κ3) is 1.96. The SMILES string of the molecule is COC1(C)CN(CC(C)C#N)C1. The lowest BCUT2D eigenvalue weighted by molar-refractivity contribution is -0.112. The van der Waals surface area contributed by atoms with Crippen molar-refractivity contribution in [1.82, 2.24) is 4.90 Å². The van der Waals surface area contributed by atoms with Crippen LogP contribution in [0.3, 0.4) is 0 Å². The first-order valence-corrected chi connectivity index (χ1v) is 4.27. The molecule has 0 aromatic heterocycles. The van der Waals surface area contributed by atoms with Crippen molar-refractivity contribution < 1.29 is 4.74 Å². The normalized spacial score (nSPS) is 24.2. The van der Waals surface area contributed by atoms with E-state index in [1.54, 1.807) is 7.11 Å². The maximum absolute atomic E-state index is 8.58. The van der Waals surface area contributed by atoms with Crippen molar-refractivity contribution in [1.29, 1.82) is 5.26 Å². The lowest BCUT2D eigenvalue weighted by Crippen LogP contribution is -2.61. The molecule has 3 heteroatoms. The molecule has 0 N–H and O–H groups in total. The molecule has 1 heterocycles. The summed E-state index contributed by atoms with van der Waals surface area (Å²) in [5.41, 5.74) is 0.0369. The molecule has 0 saturated carbocycles. The van der Waals surface area contributed by atoms with Crippen LogP contribution in [0.15, 0.2) is 0 Å². The fourth-order valence-electron chi connectivity index (χ4n) is 1.59. The predicted octanol–water partition coefficient (Wildman–Crippen LogP) is 0.867. The van der Waals surface area contributed by atoms with Crippen LogP contribution < -0.4 is 0 Å². The van der Waals surface area contributed by atoms with Gasteiger partial charge in [-0.1, -0.05) is 0 Å². The Bertz CT molecular complexity index is 191. The van der Waals surface area contributed by atoms with Crippen LogP contribution in [0.2, 0.25) is 0 Å². The Balaban J connectivity index is 2.22. The van der Waals surface area contributed by atoms with E-state index in [9.17, 15) is 0 Å². The van der Waals surface area contributed by atoms with Gasteiger partial charge in [0.1, 0.15) is 0 Å². The molecule has 0 spiro atoms. The summed E-state index contributed by atoms with van der Waals surface area (Å²) in [7, 11) is 1.74. The third-order valence-electron chi connectivity index (χ3n) is 2.36. The molecule has 1 unspecified atom stereocenters. The summed E-state index contributed by atoms with van der Waals surface area (Å²) < 4.78 is 5.29. The van der Waals surface area contributed by atoms with Gasteiger partial charge in [0, 0.05) is 26.7 Å². The molecule has 1 rings (SSSR count). The predicted molar refractivity (Wildman–Crippen MR) is 46.6 cm³/mol. The van der Waals surface area contributed by atoms with Crippen molar-refractivity contribution >= 4 is 0 Å². The van der Waals surface area contributed by atoms with Gasteiger partial charge in [-0.05, 0) is 13.8 Å². The fourth-order valence-corrected chi connectivity index (χ4v) is 1.59. The zero-order valence-corrected chi connectivity index (χ0v) is 8.00. The van der Waals surface area contributed by atoms with Crippen LogP contribution in [-0.4, -0.2) is 37.2 Å². The minimum Gasteiger partial charge on any atom is -0.376 e. The average Bonchev–Trinajstić information content (AvgIpc) is 2.01. The van der Waals surface area contributed by atoms with E-state index in [2.05, 4.69) is 17.9 Å². The number of likely N-dealkylation sites (tertiary alicyclic amines) is 1. The minimum absolute atomic E-state index is 0.0369. The molecule has 0 radical (unpaired) electrons. The van der Waals surface area contributed by atoms with E-state index in [4.69, 9.17) is 10.00 Å². The van der Waals surface area contributed by atoms with E-state index in [-0.39, 0.29) is 11.5 Å². The van der Waals surface area contributed by atoms with Crippen LogP contribution in [0, 0.1) is 17.2 Å². The summed E-state index contributed by atoms with van der Waals surface area (Å²) in [4.78, 5) is 2.25. The summed E-state index contributed by atoms with van der Waals surface area (Å²) in [6, 6.07) is 2.23. The highest BCUT2D eigenvalue weighted by Gasteiger charge is 2.38. The van der Waals surface area contributed by atoms with Crippen molar-refractivity contribution in [2.24, 2.45) is 5.92 Å². The number of nitrogens with zero attached hydrogens (tertiary/aromatic N) is 2. The van der Waals surface area contributed by atoms with Gasteiger partial charge in [-0.15, -0.1) is 0 Å². The molecule has 12 heavy (non-hydrogen) atoms. The van der Waals surface area contributed by atoms with Crippen molar-refractivity contribution in [3.63, 3.8) is 0 Å². The van der Waals surface area contributed by atoms with Crippen LogP contribution in [0.1, 0.15) is 13.8 Å². The monoisotopic (exact) mass is 168 g/mol. The molecule has 1 aliphatic rings. The molecule has 0 amide bonds. The van der Waals surface area contributed by atoms with E-state index >= 15 is 0 Å². The molecular weight excluding hydrogens is 152 g/mol. The first-order chi connectivity index (χ1) is 5.59. The van der Waals surface area contributed by atoms with Crippen molar-refractivity contribution in [2.75, 3.05) is 26.7 Å². The molecule has 1 atom stereocenters. The van der Waals surface area contributed by atoms with E-state index in [0.29, 0.717) is 0 Å². The van der Waals surface area contributed by atoms with Crippen LogP contribution in [0.25, 0.3) is 0 Å². The molecule has 1 saturated heterocycles. The smallest absolute Gasteiger partial charge is 0.0903 e. The summed E-state index contributed by atoms with van der Waals surface area (Å²) in [5.74, 6) is 0.131. The maximum Gasteiger partial charge on any atom is 0.0903 e. The zero-order valence-electron chi connectivity index (χ0n) is 8.00. The standard InChI is InChI=1S/C9H16N2O/c1-8(4-10)5-11-6-9(2,7-11)12-3/h8H,5-7H2,1-3H3. The van der Waals surface area contributed by atoms with Gasteiger partial charge in [-0.3, -0.25) is 4.90 Å². The Morgan fingerprint density at radius 2 is 2.25 bits per heavy atom. The van der Waals surface area contributed by atoms with Gasteiger partial charge in [0.05, 0.1) is 17.6 Å². The summed E-state index contributed by atoms with van der Waals surface area (Å²) in [6.45, 7) is 6.82. The van der Waals surface area contributed by atoms with Crippen LogP contribution in [0.5, 0.6) is 0 Å². The van der Waals surface area contributed by atoms with Crippen LogP contribution in [-0.2, 0) is 4.74 Å². The molecule has 0 bridgehead atoms. The Kier molecular flexibility index (Phi) is 2.71. The molecule has 1 aliphatic heterocycles. The van der Waals surface area contributed by atoms with E-state index in [0.717, 1.165) is 19.6 Å².